The standard InChI is InChI=1S/C15H11BrN2O3S/c16-10-1-6-13-14(7-8-17-15(13)9-10)18-11-2-4-12(5-3-11)22(19,20)21/h1-9H,(H,17,18)(H,19,20,21). The predicted molar refractivity (Wildman–Crippen MR) is 89.0 cm³/mol. The van der Waals surface area contributed by atoms with Gasteiger partial charge >= 0.3 is 0 Å². The quantitative estimate of drug-likeness (QED) is 0.673. The van der Waals surface area contributed by atoms with Crippen LogP contribution in [0.25, 0.3) is 10.9 Å². The summed E-state index contributed by atoms with van der Waals surface area (Å²) in [6.07, 6.45) is 1.70. The molecule has 2 N–H and O–H groups in total. The first kappa shape index (κ1) is 15.0. The van der Waals surface area contributed by atoms with Gasteiger partial charge in [-0.25, -0.2) is 0 Å². The molecule has 0 fully saturated rings. The molecule has 0 bridgehead atoms. The van der Waals surface area contributed by atoms with E-state index in [1.807, 2.05) is 24.3 Å². The molecule has 0 aliphatic heterocycles. The fourth-order valence-corrected chi connectivity index (χ4v) is 2.93. The summed E-state index contributed by atoms with van der Waals surface area (Å²) in [6, 6.07) is 13.5. The molecule has 0 saturated carbocycles. The molecule has 0 unspecified atom stereocenters. The Labute approximate surface area is 135 Å². The molecule has 0 atom stereocenters. The summed E-state index contributed by atoms with van der Waals surface area (Å²) in [5.41, 5.74) is 2.41. The molecule has 0 radical (unpaired) electrons. The molecule has 0 spiro atoms. The average molecular weight is 379 g/mol. The Hall–Kier alpha value is -1.96. The molecule has 0 aliphatic carbocycles. The van der Waals surface area contributed by atoms with E-state index in [0.29, 0.717) is 5.69 Å². The van der Waals surface area contributed by atoms with Crippen molar-refractivity contribution in [2.75, 3.05) is 5.32 Å². The van der Waals surface area contributed by atoms with E-state index < -0.39 is 10.1 Å². The largest absolute Gasteiger partial charge is 0.355 e. The van der Waals surface area contributed by atoms with Gasteiger partial charge in [-0.15, -0.1) is 0 Å². The Bertz CT molecular complexity index is 941. The maximum Gasteiger partial charge on any atom is 0.294 e. The lowest BCUT2D eigenvalue weighted by Crippen LogP contribution is -1.98. The van der Waals surface area contributed by atoms with Crippen LogP contribution in [-0.4, -0.2) is 18.0 Å². The lowest BCUT2D eigenvalue weighted by atomic mass is 10.2. The van der Waals surface area contributed by atoms with Crippen LogP contribution in [0, 0.1) is 0 Å². The molecule has 0 saturated heterocycles. The van der Waals surface area contributed by atoms with Gasteiger partial charge in [-0.1, -0.05) is 15.9 Å². The third kappa shape index (κ3) is 3.11. The molecule has 2 aromatic carbocycles. The van der Waals surface area contributed by atoms with E-state index in [4.69, 9.17) is 4.55 Å². The number of hydrogen-bond acceptors (Lipinski definition) is 4. The molecule has 7 heteroatoms. The van der Waals surface area contributed by atoms with Crippen molar-refractivity contribution in [3.63, 3.8) is 0 Å². The highest BCUT2D eigenvalue weighted by Crippen LogP contribution is 2.27. The van der Waals surface area contributed by atoms with Crippen LogP contribution in [-0.2, 0) is 10.1 Å². The predicted octanol–water partition coefficient (Wildman–Crippen LogP) is 3.99. The normalized spacial score (nSPS) is 11.5. The summed E-state index contributed by atoms with van der Waals surface area (Å²) in [5, 5.41) is 4.16. The lowest BCUT2D eigenvalue weighted by molar-refractivity contribution is 0.483. The highest BCUT2D eigenvalue weighted by atomic mass is 79.9. The van der Waals surface area contributed by atoms with E-state index >= 15 is 0 Å². The first-order valence-corrected chi connectivity index (χ1v) is 8.56. The summed E-state index contributed by atoms with van der Waals surface area (Å²) < 4.78 is 32.0. The second-order valence-corrected chi connectivity index (χ2v) is 6.98. The van der Waals surface area contributed by atoms with Crippen LogP contribution in [0.5, 0.6) is 0 Å². The van der Waals surface area contributed by atoms with Crippen molar-refractivity contribution in [3.05, 3.63) is 59.2 Å². The molecular formula is C15H11BrN2O3S. The van der Waals surface area contributed by atoms with Crippen molar-refractivity contribution < 1.29 is 13.0 Å². The average Bonchev–Trinajstić information content (AvgIpc) is 2.47. The first-order chi connectivity index (χ1) is 10.4. The summed E-state index contributed by atoms with van der Waals surface area (Å²) in [6.45, 7) is 0. The minimum Gasteiger partial charge on any atom is -0.355 e. The smallest absolute Gasteiger partial charge is 0.294 e. The van der Waals surface area contributed by atoms with Crippen molar-refractivity contribution in [3.8, 4) is 0 Å². The van der Waals surface area contributed by atoms with Gasteiger partial charge in [0.05, 0.1) is 10.4 Å². The monoisotopic (exact) mass is 378 g/mol. The zero-order valence-electron chi connectivity index (χ0n) is 11.2. The molecule has 1 heterocycles. The van der Waals surface area contributed by atoms with E-state index in [1.54, 1.807) is 18.3 Å². The first-order valence-electron chi connectivity index (χ1n) is 6.32. The van der Waals surface area contributed by atoms with E-state index in [0.717, 1.165) is 21.1 Å². The van der Waals surface area contributed by atoms with Crippen LogP contribution in [0.3, 0.4) is 0 Å². The van der Waals surface area contributed by atoms with Crippen molar-refractivity contribution in [1.82, 2.24) is 4.98 Å². The number of nitrogens with one attached hydrogen (secondary N) is 1. The van der Waals surface area contributed by atoms with Crippen LogP contribution in [0.15, 0.2) is 64.1 Å². The second-order valence-electron chi connectivity index (χ2n) is 4.64. The Morgan fingerprint density at radius 1 is 1.05 bits per heavy atom. The number of anilines is 2. The Morgan fingerprint density at radius 2 is 1.77 bits per heavy atom. The number of aromatic nitrogens is 1. The fourth-order valence-electron chi connectivity index (χ4n) is 2.10. The summed E-state index contributed by atoms with van der Waals surface area (Å²) >= 11 is 3.41. The maximum absolute atomic E-state index is 11.0. The molecule has 1 aromatic heterocycles. The Kier molecular flexibility index (Phi) is 3.86. The lowest BCUT2D eigenvalue weighted by Gasteiger charge is -2.10. The number of halogens is 1. The third-order valence-corrected chi connectivity index (χ3v) is 4.50. The van der Waals surface area contributed by atoms with Gasteiger partial charge in [0.25, 0.3) is 10.1 Å². The van der Waals surface area contributed by atoms with Crippen LogP contribution in [0.4, 0.5) is 11.4 Å². The Morgan fingerprint density at radius 3 is 2.45 bits per heavy atom. The van der Waals surface area contributed by atoms with Crippen LogP contribution in [0.2, 0.25) is 0 Å². The fraction of sp³-hybridized carbons (Fsp3) is 0. The van der Waals surface area contributed by atoms with Crippen LogP contribution in [0.1, 0.15) is 0 Å². The van der Waals surface area contributed by atoms with E-state index in [-0.39, 0.29) is 4.90 Å². The number of pyridine rings is 1. The summed E-state index contributed by atoms with van der Waals surface area (Å²) in [4.78, 5) is 4.17. The maximum atomic E-state index is 11.0. The number of benzene rings is 2. The minimum absolute atomic E-state index is 0.137. The highest BCUT2D eigenvalue weighted by molar-refractivity contribution is 9.10. The number of fused-ring (bicyclic) bond motifs is 1. The zero-order valence-corrected chi connectivity index (χ0v) is 13.6. The van der Waals surface area contributed by atoms with Gasteiger partial charge < -0.3 is 5.32 Å². The molecular weight excluding hydrogens is 368 g/mol. The summed E-state index contributed by atoms with van der Waals surface area (Å²) in [7, 11) is -4.17. The van der Waals surface area contributed by atoms with Gasteiger partial charge in [0.2, 0.25) is 0 Å². The van der Waals surface area contributed by atoms with Gasteiger partial charge in [-0.05, 0) is 48.5 Å². The molecule has 3 aromatic rings. The van der Waals surface area contributed by atoms with Gasteiger partial charge in [-0.3, -0.25) is 9.54 Å². The summed E-state index contributed by atoms with van der Waals surface area (Å²) in [5.74, 6) is 0. The van der Waals surface area contributed by atoms with Crippen molar-refractivity contribution in [1.29, 1.82) is 0 Å². The van der Waals surface area contributed by atoms with Gasteiger partial charge in [0.1, 0.15) is 0 Å². The molecule has 0 aliphatic rings. The highest BCUT2D eigenvalue weighted by Gasteiger charge is 2.09. The minimum atomic E-state index is -4.17. The second kappa shape index (κ2) is 5.68. The van der Waals surface area contributed by atoms with Crippen molar-refractivity contribution in [2.45, 2.75) is 4.90 Å². The molecule has 22 heavy (non-hydrogen) atoms. The van der Waals surface area contributed by atoms with Crippen LogP contribution >= 0.6 is 15.9 Å². The topological polar surface area (TPSA) is 79.3 Å². The van der Waals surface area contributed by atoms with E-state index in [1.165, 1.54) is 12.1 Å². The zero-order chi connectivity index (χ0) is 15.7. The van der Waals surface area contributed by atoms with Crippen LogP contribution < -0.4 is 5.32 Å². The van der Waals surface area contributed by atoms with E-state index in [2.05, 4.69) is 26.2 Å². The molecule has 0 amide bonds. The number of hydrogen-bond donors (Lipinski definition) is 2. The molecule has 5 nitrogen and oxygen atoms in total. The van der Waals surface area contributed by atoms with Crippen molar-refractivity contribution in [2.24, 2.45) is 0 Å². The molecule has 112 valence electrons. The van der Waals surface area contributed by atoms with Gasteiger partial charge in [0, 0.05) is 27.4 Å². The SMILES string of the molecule is O=S(=O)(O)c1ccc(Nc2ccnc3cc(Br)ccc23)cc1. The Balaban J connectivity index is 1.96. The number of nitrogens with zero attached hydrogens (tertiary/aromatic N) is 1. The molecule has 3 rings (SSSR count). The van der Waals surface area contributed by atoms with Gasteiger partial charge in [0.15, 0.2) is 0 Å². The third-order valence-electron chi connectivity index (χ3n) is 3.14. The van der Waals surface area contributed by atoms with Crippen molar-refractivity contribution >= 4 is 48.3 Å². The van der Waals surface area contributed by atoms with E-state index in [9.17, 15) is 8.42 Å². The van der Waals surface area contributed by atoms with Gasteiger partial charge in [-0.2, -0.15) is 8.42 Å². The number of rotatable bonds is 3.